The Bertz CT molecular complexity index is 1130. The van der Waals surface area contributed by atoms with Crippen molar-refractivity contribution >= 4 is 23.4 Å². The summed E-state index contributed by atoms with van der Waals surface area (Å²) in [7, 11) is 4.21. The lowest BCUT2D eigenvalue weighted by atomic mass is 10.0. The molecule has 0 N–H and O–H groups in total. The van der Waals surface area contributed by atoms with E-state index in [4.69, 9.17) is 16.3 Å². The number of anilines is 1. The summed E-state index contributed by atoms with van der Waals surface area (Å²) >= 11 is 6.32. The zero-order chi connectivity index (χ0) is 22.0. The van der Waals surface area contributed by atoms with Gasteiger partial charge in [0.1, 0.15) is 17.9 Å². The highest BCUT2D eigenvalue weighted by atomic mass is 35.5. The first-order chi connectivity index (χ1) is 14.3. The maximum Gasteiger partial charge on any atom is 0.332 e. The van der Waals surface area contributed by atoms with Crippen LogP contribution in [0.15, 0.2) is 33.9 Å². The number of ether oxygens (including phenoxy) is 1. The van der Waals surface area contributed by atoms with Crippen molar-refractivity contribution in [3.63, 3.8) is 0 Å². The molecule has 1 atom stereocenters. The molecule has 0 bridgehead atoms. The zero-order valence-corrected chi connectivity index (χ0v) is 17.7. The van der Waals surface area contributed by atoms with Gasteiger partial charge < -0.3 is 9.64 Å². The summed E-state index contributed by atoms with van der Waals surface area (Å²) in [5.41, 5.74) is -0.552. The molecule has 0 saturated carbocycles. The van der Waals surface area contributed by atoms with Crippen molar-refractivity contribution in [3.05, 3.63) is 61.3 Å². The van der Waals surface area contributed by atoms with Crippen LogP contribution in [0, 0.1) is 11.3 Å². The smallest absolute Gasteiger partial charge is 0.332 e. The second-order valence-corrected chi connectivity index (χ2v) is 7.39. The van der Waals surface area contributed by atoms with Crippen molar-refractivity contribution in [2.24, 2.45) is 14.1 Å². The quantitative estimate of drug-likeness (QED) is 0.655. The summed E-state index contributed by atoms with van der Waals surface area (Å²) in [6.07, 6.45) is 0. The van der Waals surface area contributed by atoms with E-state index < -0.39 is 23.3 Å². The molecule has 10 heteroatoms. The molecule has 0 aliphatic carbocycles. The van der Waals surface area contributed by atoms with Crippen LogP contribution < -0.4 is 16.1 Å². The maximum absolute atomic E-state index is 12.5. The van der Waals surface area contributed by atoms with Gasteiger partial charge in [-0.2, -0.15) is 5.26 Å². The maximum atomic E-state index is 12.5. The minimum atomic E-state index is -0.672. The first kappa shape index (κ1) is 21.6. The molecule has 2 heterocycles. The highest BCUT2D eigenvalue weighted by Gasteiger charge is 2.34. The molecule has 1 unspecified atom stereocenters. The summed E-state index contributed by atoms with van der Waals surface area (Å²) in [6.45, 7) is 1.71. The first-order valence-corrected chi connectivity index (χ1v) is 9.71. The Hall–Kier alpha value is -3.09. The number of hydrogen-bond donors (Lipinski definition) is 0. The van der Waals surface area contributed by atoms with Gasteiger partial charge in [0.15, 0.2) is 5.56 Å². The highest BCUT2D eigenvalue weighted by molar-refractivity contribution is 6.31. The van der Waals surface area contributed by atoms with Gasteiger partial charge in [-0.15, -0.1) is 0 Å². The van der Waals surface area contributed by atoms with Crippen LogP contribution in [-0.4, -0.2) is 53.3 Å². The normalized spacial score (nSPS) is 15.5. The van der Waals surface area contributed by atoms with Gasteiger partial charge in [-0.05, 0) is 11.6 Å². The topological polar surface area (TPSA) is 101 Å². The van der Waals surface area contributed by atoms with Crippen molar-refractivity contribution in [1.29, 1.82) is 5.26 Å². The van der Waals surface area contributed by atoms with Gasteiger partial charge in [0.2, 0.25) is 0 Å². The third kappa shape index (κ3) is 3.72. The molecule has 1 aromatic heterocycles. The number of rotatable bonds is 4. The third-order valence-electron chi connectivity index (χ3n) is 5.35. The number of carbonyl (C=O) groups is 1. The Labute approximate surface area is 178 Å². The van der Waals surface area contributed by atoms with Gasteiger partial charge in [0.25, 0.3) is 5.56 Å². The number of halogens is 1. The summed E-state index contributed by atoms with van der Waals surface area (Å²) in [5, 5.41) is 9.97. The first-order valence-electron chi connectivity index (χ1n) is 9.33. The SMILES string of the molecule is COC(=O)C(c1ccccc1Cl)N1CCN(c2c(C#N)c(=O)n(C)c(=O)n2C)CC1. The van der Waals surface area contributed by atoms with E-state index in [1.165, 1.54) is 25.8 Å². The van der Waals surface area contributed by atoms with Crippen molar-refractivity contribution in [1.82, 2.24) is 14.0 Å². The molecule has 3 rings (SSSR count). The molecule has 1 aliphatic rings. The lowest BCUT2D eigenvalue weighted by Crippen LogP contribution is -2.52. The molecule has 9 nitrogen and oxygen atoms in total. The van der Waals surface area contributed by atoms with Gasteiger partial charge in [-0.25, -0.2) is 9.59 Å². The molecule has 0 radical (unpaired) electrons. The highest BCUT2D eigenvalue weighted by Crippen LogP contribution is 2.30. The number of esters is 1. The Morgan fingerprint density at radius 1 is 1.13 bits per heavy atom. The van der Waals surface area contributed by atoms with Crippen LogP contribution in [0.5, 0.6) is 0 Å². The van der Waals surface area contributed by atoms with Crippen LogP contribution in [0.1, 0.15) is 17.2 Å². The Kier molecular flexibility index (Phi) is 6.29. The van der Waals surface area contributed by atoms with Crippen LogP contribution >= 0.6 is 11.6 Å². The van der Waals surface area contributed by atoms with Crippen LogP contribution in [0.4, 0.5) is 5.82 Å². The van der Waals surface area contributed by atoms with Crippen molar-refractivity contribution in [2.75, 3.05) is 38.2 Å². The number of carbonyl (C=O) groups excluding carboxylic acids is 1. The lowest BCUT2D eigenvalue weighted by Gasteiger charge is -2.39. The molecular weight excluding hydrogens is 410 g/mol. The fraction of sp³-hybridized carbons (Fsp3) is 0.400. The summed E-state index contributed by atoms with van der Waals surface area (Å²) in [4.78, 5) is 41.0. The van der Waals surface area contributed by atoms with Gasteiger partial charge in [-0.1, -0.05) is 29.8 Å². The number of piperazine rings is 1. The van der Waals surface area contributed by atoms with Crippen molar-refractivity contribution in [2.45, 2.75) is 6.04 Å². The van der Waals surface area contributed by atoms with Crippen LogP contribution in [0.25, 0.3) is 0 Å². The molecule has 30 heavy (non-hydrogen) atoms. The van der Waals surface area contributed by atoms with E-state index in [9.17, 15) is 19.6 Å². The van der Waals surface area contributed by atoms with E-state index in [2.05, 4.69) is 0 Å². The molecule has 1 fully saturated rings. The third-order valence-corrected chi connectivity index (χ3v) is 5.69. The monoisotopic (exact) mass is 431 g/mol. The van der Waals surface area contributed by atoms with E-state index in [-0.39, 0.29) is 11.4 Å². The van der Waals surface area contributed by atoms with Crippen molar-refractivity contribution < 1.29 is 9.53 Å². The van der Waals surface area contributed by atoms with E-state index in [1.807, 2.05) is 21.9 Å². The van der Waals surface area contributed by atoms with Gasteiger partial charge in [0, 0.05) is 45.3 Å². The van der Waals surface area contributed by atoms with Crippen molar-refractivity contribution in [3.8, 4) is 6.07 Å². The van der Waals surface area contributed by atoms with Crippen LogP contribution in [0.3, 0.4) is 0 Å². The van der Waals surface area contributed by atoms with E-state index in [1.54, 1.807) is 18.2 Å². The second-order valence-electron chi connectivity index (χ2n) is 6.99. The number of nitriles is 1. The molecule has 0 spiro atoms. The van der Waals surface area contributed by atoms with Crippen LogP contribution in [-0.2, 0) is 23.6 Å². The van der Waals surface area contributed by atoms with Gasteiger partial charge >= 0.3 is 11.7 Å². The number of hydrogen-bond acceptors (Lipinski definition) is 7. The summed E-state index contributed by atoms with van der Waals surface area (Å²) in [5.74, 6) is -0.132. The standard InChI is InChI=1S/C20H22ClN5O4/c1-23-17(14(12-22)18(27)24(2)20(23)29)26-10-8-25(9-11-26)16(19(28)30-3)13-6-4-5-7-15(13)21/h4-7,16H,8-11H2,1-3H3. The molecular formula is C20H22ClN5O4. The predicted molar refractivity (Wildman–Crippen MR) is 112 cm³/mol. The van der Waals surface area contributed by atoms with E-state index >= 15 is 0 Å². The fourth-order valence-electron chi connectivity index (χ4n) is 3.77. The molecule has 1 aromatic carbocycles. The zero-order valence-electron chi connectivity index (χ0n) is 17.0. The fourth-order valence-corrected chi connectivity index (χ4v) is 4.01. The molecule has 158 valence electrons. The summed E-state index contributed by atoms with van der Waals surface area (Å²) in [6, 6.07) is 8.36. The largest absolute Gasteiger partial charge is 0.468 e. The predicted octanol–water partition coefficient (Wildman–Crippen LogP) is 0.645. The Balaban J connectivity index is 1.92. The lowest BCUT2D eigenvalue weighted by molar-refractivity contribution is -0.147. The molecule has 1 aliphatic heterocycles. The number of methoxy groups -OCH3 is 1. The molecule has 1 saturated heterocycles. The second kappa shape index (κ2) is 8.73. The minimum Gasteiger partial charge on any atom is -0.468 e. The van der Waals surface area contributed by atoms with Gasteiger partial charge in [0.05, 0.1) is 7.11 Å². The Morgan fingerprint density at radius 3 is 2.33 bits per heavy atom. The number of benzene rings is 1. The Morgan fingerprint density at radius 2 is 1.77 bits per heavy atom. The molecule has 2 aromatic rings. The minimum absolute atomic E-state index is 0.0799. The van der Waals surface area contributed by atoms with E-state index in [0.29, 0.717) is 36.8 Å². The van der Waals surface area contributed by atoms with Crippen LogP contribution in [0.2, 0.25) is 5.02 Å². The summed E-state index contributed by atoms with van der Waals surface area (Å²) < 4.78 is 7.23. The van der Waals surface area contributed by atoms with Gasteiger partial charge in [-0.3, -0.25) is 18.8 Å². The average molecular weight is 432 g/mol. The van der Waals surface area contributed by atoms with E-state index in [0.717, 1.165) is 4.57 Å². The average Bonchev–Trinajstić information content (AvgIpc) is 2.76. The molecule has 0 amide bonds. The number of nitrogens with zero attached hydrogens (tertiary/aromatic N) is 5. The number of aromatic nitrogens is 2.